The van der Waals surface area contributed by atoms with Crippen LogP contribution in [0.1, 0.15) is 5.56 Å². The van der Waals surface area contributed by atoms with Crippen LogP contribution in [0, 0.1) is 10.1 Å². The number of hydrogen-bond acceptors (Lipinski definition) is 5. The highest BCUT2D eigenvalue weighted by Gasteiger charge is 2.19. The molecule has 1 saturated heterocycles. The van der Waals surface area contributed by atoms with E-state index in [2.05, 4.69) is 20.1 Å². The molecule has 0 bridgehead atoms. The third-order valence-corrected chi connectivity index (χ3v) is 4.50. The molecular formula is C17H19N5O2S. The molecule has 3 rings (SSSR count). The summed E-state index contributed by atoms with van der Waals surface area (Å²) in [5.41, 5.74) is 2.09. The molecule has 1 aromatic carbocycles. The summed E-state index contributed by atoms with van der Waals surface area (Å²) in [6, 6.07) is 10.4. The number of piperazine rings is 1. The van der Waals surface area contributed by atoms with Gasteiger partial charge in [0, 0.05) is 62.9 Å². The Morgan fingerprint density at radius 1 is 1.12 bits per heavy atom. The molecule has 1 aromatic heterocycles. The highest BCUT2D eigenvalue weighted by Crippen LogP contribution is 2.16. The standard InChI is InChI=1S/C17H19N5O2S/c23-22(24)16-3-1-15(2-4-16)19-17(25)21-11-9-20(10-12-21)13-14-5-7-18-8-6-14/h1-8H,9-13H2,(H,19,25). The molecule has 0 atom stereocenters. The maximum atomic E-state index is 10.7. The number of hydrogen-bond donors (Lipinski definition) is 1. The first kappa shape index (κ1) is 17.2. The summed E-state index contributed by atoms with van der Waals surface area (Å²) in [5, 5.41) is 14.5. The number of non-ortho nitro benzene ring substituents is 1. The lowest BCUT2D eigenvalue weighted by Gasteiger charge is -2.36. The van der Waals surface area contributed by atoms with Gasteiger partial charge in [0.2, 0.25) is 0 Å². The van der Waals surface area contributed by atoms with Crippen molar-refractivity contribution in [3.05, 3.63) is 64.5 Å². The average Bonchev–Trinajstić information content (AvgIpc) is 2.63. The lowest BCUT2D eigenvalue weighted by atomic mass is 10.2. The zero-order valence-corrected chi connectivity index (χ0v) is 14.5. The number of pyridine rings is 1. The highest BCUT2D eigenvalue weighted by molar-refractivity contribution is 7.80. The van der Waals surface area contributed by atoms with Crippen LogP contribution in [-0.2, 0) is 6.54 Å². The van der Waals surface area contributed by atoms with Crippen molar-refractivity contribution >= 4 is 28.7 Å². The van der Waals surface area contributed by atoms with E-state index in [4.69, 9.17) is 12.2 Å². The SMILES string of the molecule is O=[N+]([O-])c1ccc(NC(=S)N2CCN(Cc3ccncc3)CC2)cc1. The van der Waals surface area contributed by atoms with E-state index in [9.17, 15) is 10.1 Å². The van der Waals surface area contributed by atoms with Crippen molar-refractivity contribution in [3.63, 3.8) is 0 Å². The van der Waals surface area contributed by atoms with Crippen molar-refractivity contribution in [2.45, 2.75) is 6.54 Å². The first-order valence-corrected chi connectivity index (χ1v) is 8.44. The van der Waals surface area contributed by atoms with E-state index >= 15 is 0 Å². The second-order valence-corrected chi connectivity index (χ2v) is 6.24. The van der Waals surface area contributed by atoms with Crippen LogP contribution < -0.4 is 5.32 Å². The van der Waals surface area contributed by atoms with Gasteiger partial charge in [-0.25, -0.2) is 0 Å². The normalized spacial score (nSPS) is 15.0. The van der Waals surface area contributed by atoms with Crippen LogP contribution in [0.25, 0.3) is 0 Å². The second kappa shape index (κ2) is 8.00. The number of benzene rings is 1. The zero-order chi connectivity index (χ0) is 17.6. The molecule has 1 fully saturated rings. The summed E-state index contributed by atoms with van der Waals surface area (Å²) in [7, 11) is 0. The maximum Gasteiger partial charge on any atom is 0.269 e. The minimum absolute atomic E-state index is 0.0706. The van der Waals surface area contributed by atoms with Gasteiger partial charge in [-0.05, 0) is 42.0 Å². The van der Waals surface area contributed by atoms with Gasteiger partial charge in [0.15, 0.2) is 5.11 Å². The molecule has 0 unspecified atom stereocenters. The fraction of sp³-hybridized carbons (Fsp3) is 0.294. The number of nitro groups is 1. The molecule has 7 nitrogen and oxygen atoms in total. The van der Waals surface area contributed by atoms with Gasteiger partial charge in [0.05, 0.1) is 4.92 Å². The monoisotopic (exact) mass is 357 g/mol. The van der Waals surface area contributed by atoms with E-state index < -0.39 is 4.92 Å². The number of thiocarbonyl (C=S) groups is 1. The third-order valence-electron chi connectivity index (χ3n) is 4.14. The van der Waals surface area contributed by atoms with Crippen LogP contribution in [-0.4, -0.2) is 51.0 Å². The highest BCUT2D eigenvalue weighted by atomic mass is 32.1. The smallest absolute Gasteiger partial charge is 0.269 e. The summed E-state index contributed by atoms with van der Waals surface area (Å²) in [5.74, 6) is 0. The number of nitro benzene ring substituents is 1. The predicted octanol–water partition coefficient (Wildman–Crippen LogP) is 2.50. The summed E-state index contributed by atoms with van der Waals surface area (Å²) in [6.45, 7) is 4.49. The molecule has 8 heteroatoms. The molecule has 0 radical (unpaired) electrons. The van der Waals surface area contributed by atoms with Gasteiger partial charge in [-0.15, -0.1) is 0 Å². The molecule has 1 N–H and O–H groups in total. The zero-order valence-electron chi connectivity index (χ0n) is 13.7. The Hall–Kier alpha value is -2.58. The fourth-order valence-corrected chi connectivity index (χ4v) is 3.02. The van der Waals surface area contributed by atoms with E-state index in [0.717, 1.165) is 38.4 Å². The number of nitrogens with zero attached hydrogens (tertiary/aromatic N) is 4. The molecule has 1 aliphatic heterocycles. The topological polar surface area (TPSA) is 74.5 Å². The second-order valence-electron chi connectivity index (χ2n) is 5.85. The van der Waals surface area contributed by atoms with Crippen molar-refractivity contribution in [1.29, 1.82) is 0 Å². The molecule has 25 heavy (non-hydrogen) atoms. The first-order valence-electron chi connectivity index (χ1n) is 8.03. The molecule has 130 valence electrons. The summed E-state index contributed by atoms with van der Waals surface area (Å²) in [4.78, 5) is 18.8. The largest absolute Gasteiger partial charge is 0.346 e. The van der Waals surface area contributed by atoms with Crippen LogP contribution in [0.3, 0.4) is 0 Å². The summed E-state index contributed by atoms with van der Waals surface area (Å²) >= 11 is 5.46. The van der Waals surface area contributed by atoms with E-state index in [-0.39, 0.29) is 5.69 Å². The Morgan fingerprint density at radius 2 is 1.76 bits per heavy atom. The molecule has 2 aromatic rings. The lowest BCUT2D eigenvalue weighted by molar-refractivity contribution is -0.384. The molecule has 1 aliphatic rings. The molecule has 2 heterocycles. The molecule has 0 amide bonds. The van der Waals surface area contributed by atoms with Crippen molar-refractivity contribution in [2.24, 2.45) is 0 Å². The summed E-state index contributed by atoms with van der Waals surface area (Å²) in [6.07, 6.45) is 3.63. The van der Waals surface area contributed by atoms with Gasteiger partial charge in [-0.2, -0.15) is 0 Å². The molecule has 0 saturated carbocycles. The number of aromatic nitrogens is 1. The summed E-state index contributed by atoms with van der Waals surface area (Å²) < 4.78 is 0. The minimum Gasteiger partial charge on any atom is -0.346 e. The van der Waals surface area contributed by atoms with Gasteiger partial charge in [0.25, 0.3) is 5.69 Å². The number of rotatable bonds is 4. The Bertz CT molecular complexity index is 730. The molecule has 0 aliphatic carbocycles. The van der Waals surface area contributed by atoms with Crippen LogP contribution in [0.15, 0.2) is 48.8 Å². The van der Waals surface area contributed by atoms with E-state index in [1.54, 1.807) is 12.1 Å². The molecular weight excluding hydrogens is 338 g/mol. The fourth-order valence-electron chi connectivity index (χ4n) is 2.72. The van der Waals surface area contributed by atoms with E-state index in [1.807, 2.05) is 24.5 Å². The third kappa shape index (κ3) is 4.71. The van der Waals surface area contributed by atoms with Crippen molar-refractivity contribution in [2.75, 3.05) is 31.5 Å². The minimum atomic E-state index is -0.413. The Kier molecular flexibility index (Phi) is 5.52. The van der Waals surface area contributed by atoms with Crippen LogP contribution in [0.5, 0.6) is 0 Å². The van der Waals surface area contributed by atoms with Crippen molar-refractivity contribution in [1.82, 2.24) is 14.8 Å². The number of nitrogens with one attached hydrogen (secondary N) is 1. The van der Waals surface area contributed by atoms with E-state index in [0.29, 0.717) is 5.11 Å². The predicted molar refractivity (Wildman–Crippen MR) is 100 cm³/mol. The van der Waals surface area contributed by atoms with Gasteiger partial charge in [0.1, 0.15) is 0 Å². The Balaban J connectivity index is 1.49. The first-order chi connectivity index (χ1) is 12.1. The van der Waals surface area contributed by atoms with Gasteiger partial charge >= 0.3 is 0 Å². The quantitative estimate of drug-likeness (QED) is 0.512. The Labute approximate surface area is 151 Å². The Morgan fingerprint density at radius 3 is 2.36 bits per heavy atom. The van der Waals surface area contributed by atoms with Gasteiger partial charge < -0.3 is 10.2 Å². The van der Waals surface area contributed by atoms with Gasteiger partial charge in [-0.1, -0.05) is 0 Å². The van der Waals surface area contributed by atoms with Crippen LogP contribution >= 0.6 is 12.2 Å². The average molecular weight is 357 g/mol. The van der Waals surface area contributed by atoms with Crippen molar-refractivity contribution in [3.8, 4) is 0 Å². The van der Waals surface area contributed by atoms with Crippen LogP contribution in [0.2, 0.25) is 0 Å². The lowest BCUT2D eigenvalue weighted by Crippen LogP contribution is -2.49. The van der Waals surface area contributed by atoms with Crippen molar-refractivity contribution < 1.29 is 4.92 Å². The van der Waals surface area contributed by atoms with Crippen LogP contribution in [0.4, 0.5) is 11.4 Å². The van der Waals surface area contributed by atoms with E-state index in [1.165, 1.54) is 17.7 Å². The maximum absolute atomic E-state index is 10.7. The van der Waals surface area contributed by atoms with Gasteiger partial charge in [-0.3, -0.25) is 20.0 Å². The molecule has 0 spiro atoms. The number of anilines is 1.